The van der Waals surface area contributed by atoms with Crippen molar-refractivity contribution >= 4 is 40.8 Å². The molecule has 1 saturated heterocycles. The van der Waals surface area contributed by atoms with Crippen molar-refractivity contribution in [1.82, 2.24) is 19.4 Å². The number of carbonyl (C=O) groups is 2. The largest absolute Gasteiger partial charge is 0.444 e. The maximum atomic E-state index is 14.3. The molecule has 0 aliphatic carbocycles. The van der Waals surface area contributed by atoms with Gasteiger partial charge in [0, 0.05) is 36.3 Å². The van der Waals surface area contributed by atoms with E-state index < -0.39 is 11.3 Å². The third-order valence-electron chi connectivity index (χ3n) is 8.60. The second-order valence-corrected chi connectivity index (χ2v) is 14.4. The first kappa shape index (κ1) is 34.1. The molecule has 0 saturated carbocycles. The van der Waals surface area contributed by atoms with Gasteiger partial charge < -0.3 is 14.5 Å². The van der Waals surface area contributed by atoms with Crippen LogP contribution in [0.2, 0.25) is 5.02 Å². The van der Waals surface area contributed by atoms with Gasteiger partial charge in [0.1, 0.15) is 11.4 Å². The molecule has 2 aromatic heterocycles. The average molecular weight is 658 g/mol. The molecule has 5 rings (SSSR count). The second kappa shape index (κ2) is 13.1. The molecule has 10 heteroatoms. The van der Waals surface area contributed by atoms with Crippen molar-refractivity contribution in [2.75, 3.05) is 18.0 Å². The van der Waals surface area contributed by atoms with E-state index in [1.807, 2.05) is 89.8 Å². The Kier molecular flexibility index (Phi) is 9.51. The molecule has 0 N–H and O–H groups in total. The third kappa shape index (κ3) is 6.63. The van der Waals surface area contributed by atoms with E-state index in [9.17, 15) is 14.4 Å². The molecule has 2 aromatic carbocycles. The van der Waals surface area contributed by atoms with Crippen LogP contribution >= 0.6 is 11.6 Å². The van der Waals surface area contributed by atoms with Crippen LogP contribution in [0.4, 0.5) is 10.6 Å². The number of pyridine rings is 1. The number of hydrogen-bond donors (Lipinski definition) is 0. The summed E-state index contributed by atoms with van der Waals surface area (Å²) in [4.78, 5) is 53.4. The van der Waals surface area contributed by atoms with Crippen LogP contribution in [0.15, 0.2) is 53.3 Å². The molecule has 1 amide bonds. The van der Waals surface area contributed by atoms with Crippen molar-refractivity contribution in [2.45, 2.75) is 91.8 Å². The molecule has 1 aliphatic rings. The van der Waals surface area contributed by atoms with Crippen LogP contribution < -0.4 is 10.6 Å². The van der Waals surface area contributed by atoms with E-state index in [4.69, 9.17) is 21.3 Å². The van der Waals surface area contributed by atoms with E-state index in [1.54, 1.807) is 11.0 Å². The summed E-state index contributed by atoms with van der Waals surface area (Å²) >= 11 is 7.07. The Hall–Kier alpha value is -4.24. The average Bonchev–Trinajstić information content (AvgIpc) is 3.00. The number of rotatable bonds is 6. The molecular weight excluding hydrogens is 614 g/mol. The lowest BCUT2D eigenvalue weighted by Crippen LogP contribution is -2.59. The lowest BCUT2D eigenvalue weighted by atomic mass is 9.95. The van der Waals surface area contributed by atoms with Crippen molar-refractivity contribution < 1.29 is 14.3 Å². The number of benzene rings is 2. The van der Waals surface area contributed by atoms with Crippen molar-refractivity contribution in [3.8, 4) is 16.9 Å². The predicted octanol–water partition coefficient (Wildman–Crippen LogP) is 7.99. The summed E-state index contributed by atoms with van der Waals surface area (Å²) in [6.45, 7) is 18.5. The van der Waals surface area contributed by atoms with Gasteiger partial charge >= 0.3 is 11.8 Å². The van der Waals surface area contributed by atoms with Gasteiger partial charge in [0.05, 0.1) is 21.8 Å². The van der Waals surface area contributed by atoms with Gasteiger partial charge in [-0.25, -0.2) is 19.1 Å². The van der Waals surface area contributed by atoms with Crippen molar-refractivity contribution in [1.29, 1.82) is 0 Å². The molecule has 248 valence electrons. The summed E-state index contributed by atoms with van der Waals surface area (Å²) in [5.74, 6) is 0.626. The van der Waals surface area contributed by atoms with Crippen LogP contribution in [0, 0.1) is 0 Å². The molecular formula is C37H44ClN5O4. The van der Waals surface area contributed by atoms with E-state index >= 15 is 0 Å². The number of hydrogen-bond acceptors (Lipinski definition) is 7. The first-order valence-corrected chi connectivity index (χ1v) is 16.6. The zero-order valence-electron chi connectivity index (χ0n) is 28.7. The molecule has 4 aromatic rings. The monoisotopic (exact) mass is 657 g/mol. The van der Waals surface area contributed by atoms with Gasteiger partial charge in [0.15, 0.2) is 11.9 Å². The molecule has 0 bridgehead atoms. The minimum Gasteiger partial charge on any atom is -0.444 e. The number of halogens is 1. The van der Waals surface area contributed by atoms with Gasteiger partial charge in [-0.15, -0.1) is 0 Å². The Bertz CT molecular complexity index is 1890. The molecule has 1 fully saturated rings. The van der Waals surface area contributed by atoms with Crippen LogP contribution in [0.3, 0.4) is 0 Å². The van der Waals surface area contributed by atoms with E-state index in [0.717, 1.165) is 23.0 Å². The number of anilines is 1. The standard InChI is InChI=1S/C37H44ClN5O4/c1-21(2)26-14-10-11-15-28(26)31-30(38)17-29-33(41-18-24(6)42(19-23(41)5)36(46)47-37(7,8)9)40-35(45)43(34(29)39-31)32-25(20-44)13-12-16-27(32)22(3)4/h10-17,20-24H,18-19H2,1-9H3/t23-,24+/m0/s1. The second-order valence-electron chi connectivity index (χ2n) is 14.0. The first-order chi connectivity index (χ1) is 22.1. The summed E-state index contributed by atoms with van der Waals surface area (Å²) in [7, 11) is 0. The summed E-state index contributed by atoms with van der Waals surface area (Å²) in [6, 6.07) is 14.8. The topological polar surface area (TPSA) is 97.6 Å². The predicted molar refractivity (Wildman–Crippen MR) is 188 cm³/mol. The number of aromatic nitrogens is 3. The van der Waals surface area contributed by atoms with Crippen molar-refractivity contribution in [3.05, 3.63) is 80.7 Å². The summed E-state index contributed by atoms with van der Waals surface area (Å²) in [5.41, 5.74) is 3.29. The van der Waals surface area contributed by atoms with Gasteiger partial charge in [-0.05, 0) is 69.7 Å². The number of amides is 1. The number of nitrogens with zero attached hydrogens (tertiary/aromatic N) is 5. The van der Waals surface area contributed by atoms with Gasteiger partial charge in [-0.1, -0.05) is 75.7 Å². The quantitative estimate of drug-likeness (QED) is 0.194. The van der Waals surface area contributed by atoms with Crippen LogP contribution in [0.25, 0.3) is 28.0 Å². The van der Waals surface area contributed by atoms with Crippen LogP contribution in [0.5, 0.6) is 0 Å². The zero-order valence-corrected chi connectivity index (χ0v) is 29.4. The number of piperazine rings is 1. The smallest absolute Gasteiger partial charge is 0.410 e. The Balaban J connectivity index is 1.78. The zero-order chi connectivity index (χ0) is 34.4. The summed E-state index contributed by atoms with van der Waals surface area (Å²) < 4.78 is 7.14. The van der Waals surface area contributed by atoms with Crippen LogP contribution in [-0.4, -0.2) is 62.6 Å². The molecule has 1 aliphatic heterocycles. The highest BCUT2D eigenvalue weighted by atomic mass is 35.5. The van der Waals surface area contributed by atoms with Gasteiger partial charge in [0.25, 0.3) is 0 Å². The molecule has 0 radical (unpaired) electrons. The number of fused-ring (bicyclic) bond motifs is 1. The van der Waals surface area contributed by atoms with Crippen molar-refractivity contribution in [2.24, 2.45) is 0 Å². The normalized spacial score (nSPS) is 17.1. The maximum absolute atomic E-state index is 14.3. The summed E-state index contributed by atoms with van der Waals surface area (Å²) in [5, 5.41) is 0.986. The highest BCUT2D eigenvalue weighted by Gasteiger charge is 2.36. The summed E-state index contributed by atoms with van der Waals surface area (Å²) in [6.07, 6.45) is 0.382. The fourth-order valence-electron chi connectivity index (χ4n) is 6.33. The maximum Gasteiger partial charge on any atom is 0.410 e. The minimum atomic E-state index is -0.625. The molecule has 0 unspecified atom stereocenters. The Morgan fingerprint density at radius 2 is 1.62 bits per heavy atom. The number of carbonyl (C=O) groups excluding carboxylic acids is 2. The van der Waals surface area contributed by atoms with Crippen molar-refractivity contribution in [3.63, 3.8) is 0 Å². The Morgan fingerprint density at radius 3 is 2.26 bits per heavy atom. The highest BCUT2D eigenvalue weighted by molar-refractivity contribution is 6.34. The molecule has 0 spiro atoms. The number of ether oxygens (including phenoxy) is 1. The fourth-order valence-corrected chi connectivity index (χ4v) is 6.58. The SMILES string of the molecule is CC(C)c1ccccc1-c1nc2c(cc1Cl)c(N1C[C@@H](C)N(C(=O)OC(C)(C)C)C[C@@H]1C)nc(=O)n2-c1c(C=O)cccc1C(C)C. The van der Waals surface area contributed by atoms with Gasteiger partial charge in [-0.2, -0.15) is 4.98 Å². The molecule has 9 nitrogen and oxygen atoms in total. The number of para-hydroxylation sites is 1. The van der Waals surface area contributed by atoms with Gasteiger partial charge in [-0.3, -0.25) is 4.79 Å². The third-order valence-corrected chi connectivity index (χ3v) is 8.88. The molecule has 47 heavy (non-hydrogen) atoms. The van der Waals surface area contributed by atoms with E-state index in [1.165, 1.54) is 4.57 Å². The fraction of sp³-hybridized carbons (Fsp3) is 0.432. The Morgan fingerprint density at radius 1 is 0.957 bits per heavy atom. The highest BCUT2D eigenvalue weighted by Crippen LogP contribution is 2.38. The first-order valence-electron chi connectivity index (χ1n) is 16.2. The van der Waals surface area contributed by atoms with Gasteiger partial charge in [0.2, 0.25) is 0 Å². The van der Waals surface area contributed by atoms with E-state index in [0.29, 0.717) is 51.9 Å². The van der Waals surface area contributed by atoms with Crippen LogP contribution in [0.1, 0.15) is 95.6 Å². The minimum absolute atomic E-state index is 0.00164. The van der Waals surface area contributed by atoms with Crippen LogP contribution in [-0.2, 0) is 4.74 Å². The molecule has 3 heterocycles. The van der Waals surface area contributed by atoms with E-state index in [2.05, 4.69) is 24.9 Å². The van der Waals surface area contributed by atoms with E-state index in [-0.39, 0.29) is 30.0 Å². The molecule has 2 atom stereocenters. The lowest BCUT2D eigenvalue weighted by molar-refractivity contribution is 0.0130. The Labute approximate surface area is 281 Å². The number of aldehydes is 1. The lowest BCUT2D eigenvalue weighted by Gasteiger charge is -2.44.